The number of pyridine rings is 1. The second kappa shape index (κ2) is 7.64. The van der Waals surface area contributed by atoms with Crippen molar-refractivity contribution < 1.29 is 23.8 Å². The van der Waals surface area contributed by atoms with Crippen LogP contribution in [-0.2, 0) is 9.47 Å². The summed E-state index contributed by atoms with van der Waals surface area (Å²) < 4.78 is 28.6. The van der Waals surface area contributed by atoms with Crippen molar-refractivity contribution in [3.05, 3.63) is 39.9 Å². The van der Waals surface area contributed by atoms with E-state index in [9.17, 15) is 14.7 Å². The maximum absolute atomic E-state index is 15.1. The van der Waals surface area contributed by atoms with Crippen LogP contribution >= 0.6 is 0 Å². The van der Waals surface area contributed by atoms with Crippen molar-refractivity contribution in [2.75, 3.05) is 44.3 Å². The highest BCUT2D eigenvalue weighted by atomic mass is 19.1. The number of morpholine rings is 2. The number of aromatic nitrogens is 1. The lowest BCUT2D eigenvalue weighted by atomic mass is 10.1. The molecule has 1 saturated carbocycles. The number of fused-ring (bicyclic) bond motifs is 1. The van der Waals surface area contributed by atoms with Crippen molar-refractivity contribution in [3.8, 4) is 0 Å². The van der Waals surface area contributed by atoms with E-state index in [4.69, 9.17) is 9.47 Å². The molecule has 9 heteroatoms. The summed E-state index contributed by atoms with van der Waals surface area (Å²) in [6.07, 6.45) is 2.95. The van der Waals surface area contributed by atoms with Crippen LogP contribution in [-0.4, -0.2) is 67.2 Å². The Morgan fingerprint density at radius 3 is 2.70 bits per heavy atom. The van der Waals surface area contributed by atoms with Crippen LogP contribution in [0.1, 0.15) is 29.2 Å². The first-order chi connectivity index (χ1) is 14.5. The van der Waals surface area contributed by atoms with Gasteiger partial charge in [-0.3, -0.25) is 4.79 Å². The molecule has 2 saturated heterocycles. The Bertz CT molecular complexity index is 1050. The van der Waals surface area contributed by atoms with Crippen molar-refractivity contribution in [3.63, 3.8) is 0 Å². The normalized spacial score (nSPS) is 24.9. The number of nitrogens with zero attached hydrogens (tertiary/aromatic N) is 2. The summed E-state index contributed by atoms with van der Waals surface area (Å²) >= 11 is 0. The molecule has 160 valence electrons. The van der Waals surface area contributed by atoms with Gasteiger partial charge in [-0.15, -0.1) is 0 Å². The summed E-state index contributed by atoms with van der Waals surface area (Å²) in [5.41, 5.74) is -0.00436. The number of hydrogen-bond acceptors (Lipinski definition) is 6. The summed E-state index contributed by atoms with van der Waals surface area (Å²) in [5.74, 6) is -1.83. The maximum Gasteiger partial charge on any atom is 0.341 e. The number of hydrogen-bond donors (Lipinski definition) is 2. The third-order valence-corrected chi connectivity index (χ3v) is 6.08. The number of halogens is 1. The smallest absolute Gasteiger partial charge is 0.341 e. The number of rotatable bonds is 4. The van der Waals surface area contributed by atoms with Gasteiger partial charge in [0.15, 0.2) is 0 Å². The fraction of sp³-hybridized carbons (Fsp3) is 0.524. The van der Waals surface area contributed by atoms with E-state index in [2.05, 4.69) is 5.32 Å². The number of aromatic carboxylic acids is 1. The summed E-state index contributed by atoms with van der Waals surface area (Å²) in [7, 11) is 0. The summed E-state index contributed by atoms with van der Waals surface area (Å²) in [4.78, 5) is 26.1. The van der Waals surface area contributed by atoms with Crippen LogP contribution in [0.3, 0.4) is 0 Å². The molecular formula is C21H24FN3O5. The van der Waals surface area contributed by atoms with Crippen LogP contribution in [0, 0.1) is 5.82 Å². The van der Waals surface area contributed by atoms with Crippen molar-refractivity contribution in [1.29, 1.82) is 0 Å². The van der Waals surface area contributed by atoms with Crippen LogP contribution in [0.2, 0.25) is 0 Å². The molecule has 30 heavy (non-hydrogen) atoms. The van der Waals surface area contributed by atoms with Gasteiger partial charge in [-0.05, 0) is 25.0 Å². The van der Waals surface area contributed by atoms with Crippen LogP contribution in [0.25, 0.3) is 10.9 Å². The molecule has 0 spiro atoms. The Kier molecular flexibility index (Phi) is 4.96. The van der Waals surface area contributed by atoms with E-state index in [0.29, 0.717) is 44.1 Å². The van der Waals surface area contributed by atoms with Gasteiger partial charge < -0.3 is 29.4 Å². The van der Waals surface area contributed by atoms with Gasteiger partial charge in [-0.25, -0.2) is 9.18 Å². The number of carboxylic acids is 1. The standard InChI is InChI=1S/C21H24FN3O5/c22-15-7-13-16(25(12-1-2-12)10-14(20(13)26)21(27)28)8-17(15)24-4-6-30-19(11-24)18-9-23-3-5-29-18/h7-8,10,12,18-19,23H,1-6,9,11H2,(H,27,28)/t18-,19-/m0/s1. The molecule has 2 atom stereocenters. The molecule has 0 amide bonds. The maximum atomic E-state index is 15.1. The molecule has 0 radical (unpaired) electrons. The first-order valence-corrected chi connectivity index (χ1v) is 10.3. The lowest BCUT2D eigenvalue weighted by Gasteiger charge is -2.39. The topological polar surface area (TPSA) is 93.0 Å². The summed E-state index contributed by atoms with van der Waals surface area (Å²) in [5, 5.41) is 12.8. The van der Waals surface area contributed by atoms with Crippen LogP contribution < -0.4 is 15.6 Å². The van der Waals surface area contributed by atoms with Gasteiger partial charge in [-0.2, -0.15) is 0 Å². The Balaban J connectivity index is 1.54. The lowest BCUT2D eigenvalue weighted by Crippen LogP contribution is -2.54. The molecule has 0 bridgehead atoms. The van der Waals surface area contributed by atoms with Gasteiger partial charge in [0.05, 0.1) is 30.5 Å². The molecule has 3 heterocycles. The molecule has 2 aliphatic heterocycles. The number of nitrogens with one attached hydrogen (secondary N) is 1. The SMILES string of the molecule is O=C(O)c1cn(C2CC2)c2cc(N3CCO[C@H]([C@@H]4CNCCO4)C3)c(F)cc2c1=O. The molecule has 3 aliphatic rings. The Labute approximate surface area is 172 Å². The number of benzene rings is 1. The van der Waals surface area contributed by atoms with E-state index in [1.807, 2.05) is 9.47 Å². The van der Waals surface area contributed by atoms with E-state index in [1.165, 1.54) is 12.3 Å². The lowest BCUT2D eigenvalue weighted by molar-refractivity contribution is -0.0881. The molecule has 2 N–H and O–H groups in total. The van der Waals surface area contributed by atoms with Crippen molar-refractivity contribution in [2.45, 2.75) is 31.1 Å². The van der Waals surface area contributed by atoms with E-state index < -0.39 is 17.2 Å². The highest BCUT2D eigenvalue weighted by Gasteiger charge is 2.32. The van der Waals surface area contributed by atoms with Crippen molar-refractivity contribution in [1.82, 2.24) is 9.88 Å². The number of ether oxygens (including phenoxy) is 2. The molecule has 1 aliphatic carbocycles. The number of carboxylic acid groups (broad SMARTS) is 1. The van der Waals surface area contributed by atoms with Crippen molar-refractivity contribution in [2.24, 2.45) is 0 Å². The van der Waals surface area contributed by atoms with Gasteiger partial charge in [0.2, 0.25) is 5.43 Å². The average molecular weight is 417 g/mol. The van der Waals surface area contributed by atoms with E-state index in [1.54, 1.807) is 6.07 Å². The first kappa shape index (κ1) is 19.5. The van der Waals surface area contributed by atoms with Gasteiger partial charge in [0.1, 0.15) is 17.5 Å². The molecule has 5 rings (SSSR count). The molecule has 8 nitrogen and oxygen atoms in total. The third kappa shape index (κ3) is 3.46. The van der Waals surface area contributed by atoms with Gasteiger partial charge in [-0.1, -0.05) is 0 Å². The second-order valence-corrected chi connectivity index (χ2v) is 8.10. The average Bonchev–Trinajstić information content (AvgIpc) is 3.60. The van der Waals surface area contributed by atoms with Gasteiger partial charge in [0, 0.05) is 43.8 Å². The minimum absolute atomic E-state index is 0.0900. The predicted molar refractivity (Wildman–Crippen MR) is 108 cm³/mol. The highest BCUT2D eigenvalue weighted by Crippen LogP contribution is 2.38. The van der Waals surface area contributed by atoms with Crippen LogP contribution in [0.5, 0.6) is 0 Å². The van der Waals surface area contributed by atoms with E-state index in [-0.39, 0.29) is 29.2 Å². The fourth-order valence-corrected chi connectivity index (χ4v) is 4.35. The second-order valence-electron chi connectivity index (χ2n) is 8.10. The summed E-state index contributed by atoms with van der Waals surface area (Å²) in [6, 6.07) is 3.00. The van der Waals surface area contributed by atoms with E-state index in [0.717, 1.165) is 19.4 Å². The Morgan fingerprint density at radius 1 is 1.20 bits per heavy atom. The molecular weight excluding hydrogens is 393 g/mol. The minimum atomic E-state index is -1.29. The van der Waals surface area contributed by atoms with Crippen LogP contribution in [0.15, 0.2) is 23.1 Å². The quantitative estimate of drug-likeness (QED) is 0.776. The third-order valence-electron chi connectivity index (χ3n) is 6.08. The van der Waals surface area contributed by atoms with Crippen LogP contribution in [0.4, 0.5) is 10.1 Å². The Hall–Kier alpha value is -2.49. The summed E-state index contributed by atoms with van der Waals surface area (Å²) in [6.45, 7) is 3.58. The van der Waals surface area contributed by atoms with E-state index >= 15 is 4.39 Å². The monoisotopic (exact) mass is 417 g/mol. The fourth-order valence-electron chi connectivity index (χ4n) is 4.35. The largest absolute Gasteiger partial charge is 0.477 e. The molecule has 1 aromatic carbocycles. The zero-order valence-electron chi connectivity index (χ0n) is 16.5. The highest BCUT2D eigenvalue weighted by molar-refractivity contribution is 5.93. The van der Waals surface area contributed by atoms with Gasteiger partial charge >= 0.3 is 5.97 Å². The molecule has 1 aromatic heterocycles. The zero-order valence-corrected chi connectivity index (χ0v) is 16.5. The zero-order chi connectivity index (χ0) is 20.8. The molecule has 0 unspecified atom stereocenters. The first-order valence-electron chi connectivity index (χ1n) is 10.3. The molecule has 2 aromatic rings. The van der Waals surface area contributed by atoms with Gasteiger partial charge in [0.25, 0.3) is 0 Å². The predicted octanol–water partition coefficient (Wildman–Crippen LogP) is 1.37. The number of anilines is 1. The minimum Gasteiger partial charge on any atom is -0.477 e. The molecule has 3 fully saturated rings. The van der Waals surface area contributed by atoms with Crippen molar-refractivity contribution >= 4 is 22.6 Å². The number of carbonyl (C=O) groups is 1. The Morgan fingerprint density at radius 2 is 2.00 bits per heavy atom.